The molecule has 25 heavy (non-hydrogen) atoms. The van der Waals surface area contributed by atoms with Gasteiger partial charge in [-0.25, -0.2) is 4.79 Å². The predicted octanol–water partition coefficient (Wildman–Crippen LogP) is 4.66. The van der Waals surface area contributed by atoms with Crippen LogP contribution in [0.1, 0.15) is 70.4 Å². The monoisotopic (exact) mass is 347 g/mol. The first-order chi connectivity index (χ1) is 11.7. The van der Waals surface area contributed by atoms with Crippen LogP contribution in [-0.2, 0) is 4.74 Å². The number of alkyl carbamates (subject to hydrolysis) is 1. The maximum absolute atomic E-state index is 11.9. The van der Waals surface area contributed by atoms with Crippen molar-refractivity contribution in [3.8, 4) is 11.5 Å². The summed E-state index contributed by atoms with van der Waals surface area (Å²) in [7, 11) is 0. The highest BCUT2D eigenvalue weighted by Crippen LogP contribution is 2.46. The molecule has 1 N–H and O–H groups in total. The molecule has 1 amide bonds. The first kappa shape index (κ1) is 17.9. The first-order valence-corrected chi connectivity index (χ1v) is 9.19. The van der Waals surface area contributed by atoms with Gasteiger partial charge < -0.3 is 19.5 Å². The molecule has 1 fully saturated rings. The van der Waals surface area contributed by atoms with Gasteiger partial charge in [0.05, 0.1) is 0 Å². The van der Waals surface area contributed by atoms with Crippen LogP contribution in [0.15, 0.2) is 12.1 Å². The summed E-state index contributed by atoms with van der Waals surface area (Å²) < 4.78 is 17.1. The summed E-state index contributed by atoms with van der Waals surface area (Å²) in [4.78, 5) is 11.9. The van der Waals surface area contributed by atoms with E-state index in [0.29, 0.717) is 5.92 Å². The van der Waals surface area contributed by atoms with E-state index in [0.717, 1.165) is 42.7 Å². The van der Waals surface area contributed by atoms with Gasteiger partial charge in [0.15, 0.2) is 11.5 Å². The average Bonchev–Trinajstić information content (AvgIpc) is 2.89. The number of carbonyl (C=O) groups is 1. The first-order valence-electron chi connectivity index (χ1n) is 9.19. The van der Waals surface area contributed by atoms with Gasteiger partial charge in [0.1, 0.15) is 5.60 Å². The molecule has 1 atom stereocenters. The minimum Gasteiger partial charge on any atom is -0.451 e. The Labute approximate surface area is 150 Å². The number of carbonyl (C=O) groups excluding carboxylic acids is 1. The lowest BCUT2D eigenvalue weighted by atomic mass is 9.81. The van der Waals surface area contributed by atoms with E-state index in [1.165, 1.54) is 5.56 Å². The zero-order valence-electron chi connectivity index (χ0n) is 15.8. The molecule has 0 bridgehead atoms. The molecule has 1 aromatic carbocycles. The molecule has 1 aliphatic heterocycles. The molecule has 0 saturated heterocycles. The van der Waals surface area contributed by atoms with Crippen LogP contribution in [0.4, 0.5) is 4.79 Å². The van der Waals surface area contributed by atoms with Gasteiger partial charge in [-0.3, -0.25) is 0 Å². The predicted molar refractivity (Wildman–Crippen MR) is 96.3 cm³/mol. The van der Waals surface area contributed by atoms with Gasteiger partial charge in [-0.15, -0.1) is 0 Å². The zero-order valence-corrected chi connectivity index (χ0v) is 15.8. The Kier molecular flexibility index (Phi) is 4.85. The van der Waals surface area contributed by atoms with Crippen molar-refractivity contribution in [3.05, 3.63) is 23.3 Å². The van der Waals surface area contributed by atoms with Gasteiger partial charge in [0.2, 0.25) is 6.29 Å². The minimum absolute atomic E-state index is 0.181. The van der Waals surface area contributed by atoms with Crippen LogP contribution < -0.4 is 14.8 Å². The molecule has 138 valence electrons. The van der Waals surface area contributed by atoms with E-state index in [1.807, 2.05) is 34.6 Å². The highest BCUT2D eigenvalue weighted by atomic mass is 16.7. The molecule has 1 heterocycles. The molecule has 0 radical (unpaired) electrons. The maximum atomic E-state index is 11.9. The third-order valence-corrected chi connectivity index (χ3v) is 4.79. The summed E-state index contributed by atoms with van der Waals surface area (Å²) in [6.07, 6.45) is 3.39. The van der Waals surface area contributed by atoms with Crippen molar-refractivity contribution in [3.63, 3.8) is 0 Å². The third kappa shape index (κ3) is 4.20. The Morgan fingerprint density at radius 2 is 1.76 bits per heavy atom. The topological polar surface area (TPSA) is 56.8 Å². The zero-order chi connectivity index (χ0) is 18.2. The second-order valence-electron chi connectivity index (χ2n) is 8.13. The Morgan fingerprint density at radius 3 is 2.40 bits per heavy atom. The van der Waals surface area contributed by atoms with Crippen molar-refractivity contribution in [2.24, 2.45) is 0 Å². The molecular weight excluding hydrogens is 318 g/mol. The Hall–Kier alpha value is -1.91. The molecule has 5 nitrogen and oxygen atoms in total. The van der Waals surface area contributed by atoms with Crippen LogP contribution in [0.5, 0.6) is 11.5 Å². The number of hydrogen-bond donors (Lipinski definition) is 1. The van der Waals surface area contributed by atoms with Crippen molar-refractivity contribution in [1.82, 2.24) is 5.32 Å². The van der Waals surface area contributed by atoms with Crippen molar-refractivity contribution >= 4 is 6.09 Å². The lowest BCUT2D eigenvalue weighted by Gasteiger charge is -2.30. The fourth-order valence-corrected chi connectivity index (χ4v) is 3.64. The molecule has 1 aliphatic carbocycles. The fourth-order valence-electron chi connectivity index (χ4n) is 3.64. The number of hydrogen-bond acceptors (Lipinski definition) is 4. The van der Waals surface area contributed by atoms with E-state index in [-0.39, 0.29) is 18.4 Å². The second kappa shape index (κ2) is 6.77. The van der Waals surface area contributed by atoms with Crippen LogP contribution in [0.25, 0.3) is 0 Å². The van der Waals surface area contributed by atoms with Gasteiger partial charge in [-0.05, 0) is 64.9 Å². The molecule has 3 rings (SSSR count). The smallest absolute Gasteiger partial charge is 0.407 e. The van der Waals surface area contributed by atoms with Crippen molar-refractivity contribution in [2.75, 3.05) is 0 Å². The van der Waals surface area contributed by atoms with Crippen LogP contribution in [0.3, 0.4) is 0 Å². The maximum Gasteiger partial charge on any atom is 0.407 e. The number of benzene rings is 1. The second-order valence-corrected chi connectivity index (χ2v) is 8.13. The molecule has 1 saturated carbocycles. The molecule has 0 spiro atoms. The number of aryl methyl sites for hydroxylation is 1. The summed E-state index contributed by atoms with van der Waals surface area (Å²) in [5, 5.41) is 3.00. The quantitative estimate of drug-likeness (QED) is 0.845. The van der Waals surface area contributed by atoms with E-state index in [9.17, 15) is 4.79 Å². The summed E-state index contributed by atoms with van der Waals surface area (Å²) in [6, 6.07) is 4.46. The number of ether oxygens (including phenoxy) is 3. The van der Waals surface area contributed by atoms with Crippen LogP contribution in [-0.4, -0.2) is 24.0 Å². The van der Waals surface area contributed by atoms with Gasteiger partial charge in [-0.1, -0.05) is 12.1 Å². The summed E-state index contributed by atoms with van der Waals surface area (Å²) in [5.74, 6) is 2.25. The van der Waals surface area contributed by atoms with E-state index < -0.39 is 5.60 Å². The molecule has 1 aromatic rings. The fraction of sp³-hybridized carbons (Fsp3) is 0.650. The average molecular weight is 347 g/mol. The molecule has 2 aliphatic rings. The van der Waals surface area contributed by atoms with Crippen LogP contribution in [0.2, 0.25) is 0 Å². The van der Waals surface area contributed by atoms with Gasteiger partial charge in [-0.2, -0.15) is 0 Å². The van der Waals surface area contributed by atoms with E-state index in [2.05, 4.69) is 17.4 Å². The Morgan fingerprint density at radius 1 is 1.12 bits per heavy atom. The van der Waals surface area contributed by atoms with Crippen molar-refractivity contribution < 1.29 is 19.0 Å². The minimum atomic E-state index is -0.461. The SMILES string of the molecule is Cc1ccc(C2CCC(NC(=O)OC(C)(C)C)CC2)c2c1OC(C)O2. The summed E-state index contributed by atoms with van der Waals surface area (Å²) in [5.41, 5.74) is 1.89. The Balaban J connectivity index is 1.60. The van der Waals surface area contributed by atoms with Crippen molar-refractivity contribution in [1.29, 1.82) is 0 Å². The number of amides is 1. The van der Waals surface area contributed by atoms with Crippen LogP contribution >= 0.6 is 0 Å². The molecule has 5 heteroatoms. The van der Waals surface area contributed by atoms with E-state index in [4.69, 9.17) is 14.2 Å². The highest BCUT2D eigenvalue weighted by molar-refractivity contribution is 5.68. The summed E-state index contributed by atoms with van der Waals surface area (Å²) >= 11 is 0. The molecule has 0 aromatic heterocycles. The third-order valence-electron chi connectivity index (χ3n) is 4.79. The summed E-state index contributed by atoms with van der Waals surface area (Å²) in [6.45, 7) is 9.61. The lowest BCUT2D eigenvalue weighted by molar-refractivity contribution is 0.0489. The normalized spacial score (nSPS) is 25.6. The van der Waals surface area contributed by atoms with E-state index >= 15 is 0 Å². The van der Waals surface area contributed by atoms with Gasteiger partial charge in [0, 0.05) is 18.5 Å². The Bertz CT molecular complexity index is 642. The molecular formula is C20H29NO4. The number of fused-ring (bicyclic) bond motifs is 1. The van der Waals surface area contributed by atoms with Crippen LogP contribution in [0, 0.1) is 6.92 Å². The van der Waals surface area contributed by atoms with Crippen molar-refractivity contribution in [2.45, 2.75) is 84.2 Å². The highest BCUT2D eigenvalue weighted by Gasteiger charge is 2.31. The van der Waals surface area contributed by atoms with E-state index in [1.54, 1.807) is 0 Å². The number of nitrogens with one attached hydrogen (secondary N) is 1. The van der Waals surface area contributed by atoms with Gasteiger partial charge >= 0.3 is 6.09 Å². The number of rotatable bonds is 2. The lowest BCUT2D eigenvalue weighted by Crippen LogP contribution is -2.40. The van der Waals surface area contributed by atoms with Gasteiger partial charge in [0.25, 0.3) is 0 Å². The largest absolute Gasteiger partial charge is 0.451 e. The standard InChI is InChI=1S/C20H29NO4/c1-12-6-11-16(18-17(12)23-13(2)24-18)14-7-9-15(10-8-14)21-19(22)25-20(3,4)5/h6,11,13-15H,7-10H2,1-5H3,(H,21,22). The molecule has 1 unspecified atom stereocenters.